The minimum atomic E-state index is 0.0817. The molecule has 0 aromatic carbocycles. The molecule has 0 bridgehead atoms. The summed E-state index contributed by atoms with van der Waals surface area (Å²) in [6, 6.07) is 0.579. The fourth-order valence-corrected chi connectivity index (χ4v) is 3.50. The van der Waals surface area contributed by atoms with Gasteiger partial charge in [-0.05, 0) is 50.9 Å². The van der Waals surface area contributed by atoms with E-state index in [1.54, 1.807) is 0 Å². The first-order valence-corrected chi connectivity index (χ1v) is 7.65. The molecule has 104 valence electrons. The van der Waals surface area contributed by atoms with E-state index in [4.69, 9.17) is 0 Å². The van der Waals surface area contributed by atoms with Crippen LogP contribution in [0.4, 0.5) is 0 Å². The number of hydrogen-bond donors (Lipinski definition) is 1. The Labute approximate surface area is 111 Å². The Kier molecular flexibility index (Phi) is 4.31. The SMILES string of the molecule is CCC1(CC)CCN(C(=O)C2CCCC(C)N2)C1. The molecule has 2 rings (SSSR count). The largest absolute Gasteiger partial charge is 0.341 e. The summed E-state index contributed by atoms with van der Waals surface area (Å²) in [5.41, 5.74) is 0.399. The van der Waals surface area contributed by atoms with Gasteiger partial charge in [0.2, 0.25) is 5.91 Å². The van der Waals surface area contributed by atoms with E-state index in [-0.39, 0.29) is 6.04 Å². The number of carbonyl (C=O) groups excluding carboxylic acids is 1. The topological polar surface area (TPSA) is 32.3 Å². The predicted octanol–water partition coefficient (Wildman–Crippen LogP) is 2.56. The summed E-state index contributed by atoms with van der Waals surface area (Å²) in [7, 11) is 0. The van der Waals surface area contributed by atoms with Crippen molar-refractivity contribution < 1.29 is 4.79 Å². The number of rotatable bonds is 3. The summed E-state index contributed by atoms with van der Waals surface area (Å²) in [6.45, 7) is 8.65. The lowest BCUT2D eigenvalue weighted by Gasteiger charge is -2.32. The standard InChI is InChI=1S/C15H28N2O/c1-4-15(5-2)9-10-17(11-15)14(18)13-8-6-7-12(3)16-13/h12-13,16H,4-11H2,1-3H3. The summed E-state index contributed by atoms with van der Waals surface area (Å²) in [5.74, 6) is 0.352. The van der Waals surface area contributed by atoms with Crippen molar-refractivity contribution in [1.82, 2.24) is 10.2 Å². The number of amides is 1. The lowest BCUT2D eigenvalue weighted by atomic mass is 9.82. The third-order valence-electron chi connectivity index (χ3n) is 5.16. The minimum absolute atomic E-state index is 0.0817. The van der Waals surface area contributed by atoms with Gasteiger partial charge in [0.15, 0.2) is 0 Å². The molecule has 2 aliphatic heterocycles. The second-order valence-corrected chi connectivity index (χ2v) is 6.27. The normalized spacial score (nSPS) is 31.6. The van der Waals surface area contributed by atoms with Gasteiger partial charge in [0.25, 0.3) is 0 Å². The Morgan fingerprint density at radius 2 is 2.06 bits per heavy atom. The van der Waals surface area contributed by atoms with Crippen LogP contribution in [0.3, 0.4) is 0 Å². The van der Waals surface area contributed by atoms with Gasteiger partial charge in [-0.2, -0.15) is 0 Å². The highest BCUT2D eigenvalue weighted by atomic mass is 16.2. The first-order chi connectivity index (χ1) is 8.60. The lowest BCUT2D eigenvalue weighted by Crippen LogP contribution is -2.51. The zero-order valence-electron chi connectivity index (χ0n) is 12.2. The van der Waals surface area contributed by atoms with Crippen LogP contribution >= 0.6 is 0 Å². The summed E-state index contributed by atoms with van der Waals surface area (Å²) >= 11 is 0. The molecule has 0 spiro atoms. The lowest BCUT2D eigenvalue weighted by molar-refractivity contribution is -0.133. The molecule has 3 heteroatoms. The van der Waals surface area contributed by atoms with Crippen molar-refractivity contribution in [2.45, 2.75) is 71.4 Å². The van der Waals surface area contributed by atoms with Crippen molar-refractivity contribution in [3.63, 3.8) is 0 Å². The van der Waals surface area contributed by atoms with Gasteiger partial charge in [0, 0.05) is 19.1 Å². The maximum Gasteiger partial charge on any atom is 0.239 e. The molecule has 2 atom stereocenters. The van der Waals surface area contributed by atoms with E-state index in [0.717, 1.165) is 19.5 Å². The van der Waals surface area contributed by atoms with Crippen molar-refractivity contribution >= 4 is 5.91 Å². The number of hydrogen-bond acceptors (Lipinski definition) is 2. The molecule has 0 aromatic heterocycles. The van der Waals surface area contributed by atoms with Crippen molar-refractivity contribution in [3.05, 3.63) is 0 Å². The van der Waals surface area contributed by atoms with Crippen LogP contribution in [0.25, 0.3) is 0 Å². The van der Waals surface area contributed by atoms with Crippen molar-refractivity contribution in [2.24, 2.45) is 5.41 Å². The molecule has 2 unspecified atom stereocenters. The predicted molar refractivity (Wildman–Crippen MR) is 74.4 cm³/mol. The van der Waals surface area contributed by atoms with Crippen LogP contribution in [-0.4, -0.2) is 36.0 Å². The molecule has 0 radical (unpaired) electrons. The Morgan fingerprint density at radius 3 is 2.61 bits per heavy atom. The van der Waals surface area contributed by atoms with E-state index in [9.17, 15) is 4.79 Å². The van der Waals surface area contributed by atoms with Crippen LogP contribution in [0.5, 0.6) is 0 Å². The maximum atomic E-state index is 12.5. The van der Waals surface area contributed by atoms with Crippen molar-refractivity contribution in [1.29, 1.82) is 0 Å². The zero-order chi connectivity index (χ0) is 13.2. The second-order valence-electron chi connectivity index (χ2n) is 6.27. The molecule has 0 aliphatic carbocycles. The maximum absolute atomic E-state index is 12.5. The van der Waals surface area contributed by atoms with Crippen molar-refractivity contribution in [2.75, 3.05) is 13.1 Å². The fraction of sp³-hybridized carbons (Fsp3) is 0.933. The minimum Gasteiger partial charge on any atom is -0.341 e. The van der Waals surface area contributed by atoms with Gasteiger partial charge in [0.1, 0.15) is 0 Å². The quantitative estimate of drug-likeness (QED) is 0.837. The van der Waals surface area contributed by atoms with E-state index in [1.807, 2.05) is 0 Å². The van der Waals surface area contributed by atoms with Crippen LogP contribution in [-0.2, 0) is 4.79 Å². The Morgan fingerprint density at radius 1 is 1.33 bits per heavy atom. The zero-order valence-corrected chi connectivity index (χ0v) is 12.2. The summed E-state index contributed by atoms with van der Waals surface area (Å²) in [6.07, 6.45) is 6.99. The average Bonchev–Trinajstić information content (AvgIpc) is 2.83. The molecule has 18 heavy (non-hydrogen) atoms. The van der Waals surface area contributed by atoms with Gasteiger partial charge in [-0.15, -0.1) is 0 Å². The number of piperidine rings is 1. The van der Waals surface area contributed by atoms with E-state index in [1.165, 1.54) is 32.1 Å². The van der Waals surface area contributed by atoms with Crippen LogP contribution in [0, 0.1) is 5.41 Å². The smallest absolute Gasteiger partial charge is 0.239 e. The van der Waals surface area contributed by atoms with E-state index >= 15 is 0 Å². The third kappa shape index (κ3) is 2.71. The Bertz CT molecular complexity index is 299. The molecular weight excluding hydrogens is 224 g/mol. The van der Waals surface area contributed by atoms with Crippen LogP contribution in [0.2, 0.25) is 0 Å². The van der Waals surface area contributed by atoms with Gasteiger partial charge < -0.3 is 10.2 Å². The third-order valence-corrected chi connectivity index (χ3v) is 5.16. The van der Waals surface area contributed by atoms with Gasteiger partial charge >= 0.3 is 0 Å². The van der Waals surface area contributed by atoms with Crippen molar-refractivity contribution in [3.8, 4) is 0 Å². The number of nitrogens with one attached hydrogen (secondary N) is 1. The Hall–Kier alpha value is -0.570. The molecule has 0 aromatic rings. The molecule has 2 aliphatic rings. The summed E-state index contributed by atoms with van der Waals surface area (Å²) in [4.78, 5) is 14.6. The fourth-order valence-electron chi connectivity index (χ4n) is 3.50. The van der Waals surface area contributed by atoms with E-state index < -0.39 is 0 Å². The highest BCUT2D eigenvalue weighted by Gasteiger charge is 2.39. The summed E-state index contributed by atoms with van der Waals surface area (Å²) < 4.78 is 0. The highest BCUT2D eigenvalue weighted by molar-refractivity contribution is 5.82. The number of carbonyl (C=O) groups is 1. The van der Waals surface area contributed by atoms with Gasteiger partial charge in [-0.25, -0.2) is 0 Å². The van der Waals surface area contributed by atoms with Gasteiger partial charge in [-0.3, -0.25) is 4.79 Å². The van der Waals surface area contributed by atoms with Gasteiger partial charge in [0.05, 0.1) is 6.04 Å². The van der Waals surface area contributed by atoms with Gasteiger partial charge in [-0.1, -0.05) is 13.8 Å². The second kappa shape index (κ2) is 5.60. The number of nitrogens with zero attached hydrogens (tertiary/aromatic N) is 1. The van der Waals surface area contributed by atoms with Crippen LogP contribution in [0.15, 0.2) is 0 Å². The molecule has 3 nitrogen and oxygen atoms in total. The molecule has 2 heterocycles. The molecule has 0 saturated carbocycles. The molecule has 2 fully saturated rings. The average molecular weight is 252 g/mol. The Balaban J connectivity index is 1.94. The molecule has 1 N–H and O–H groups in total. The molecule has 1 amide bonds. The first-order valence-electron chi connectivity index (χ1n) is 7.65. The van der Waals surface area contributed by atoms with E-state index in [2.05, 4.69) is 31.0 Å². The first kappa shape index (κ1) is 13.9. The molecular formula is C15H28N2O. The summed E-state index contributed by atoms with van der Waals surface area (Å²) in [5, 5.41) is 3.47. The monoisotopic (exact) mass is 252 g/mol. The van der Waals surface area contributed by atoms with Crippen LogP contribution < -0.4 is 5.32 Å². The van der Waals surface area contributed by atoms with E-state index in [0.29, 0.717) is 17.4 Å². The van der Waals surface area contributed by atoms with Crippen LogP contribution in [0.1, 0.15) is 59.3 Å². The highest BCUT2D eigenvalue weighted by Crippen LogP contribution is 2.37. The molecule has 2 saturated heterocycles. The number of likely N-dealkylation sites (tertiary alicyclic amines) is 1.